The van der Waals surface area contributed by atoms with Crippen molar-refractivity contribution in [3.05, 3.63) is 42.0 Å². The molecule has 3 heterocycles. The van der Waals surface area contributed by atoms with Crippen LogP contribution in [-0.4, -0.2) is 47.8 Å². The summed E-state index contributed by atoms with van der Waals surface area (Å²) in [5.41, 5.74) is 1.56. The van der Waals surface area contributed by atoms with Crippen molar-refractivity contribution in [2.45, 2.75) is 83.0 Å². The van der Waals surface area contributed by atoms with Crippen LogP contribution < -0.4 is 20.4 Å². The summed E-state index contributed by atoms with van der Waals surface area (Å²) in [5, 5.41) is 7.57. The summed E-state index contributed by atoms with van der Waals surface area (Å²) in [7, 11) is 0. The maximum Gasteiger partial charge on any atom is 0.232 e. The van der Waals surface area contributed by atoms with Gasteiger partial charge in [0.05, 0.1) is 0 Å². The van der Waals surface area contributed by atoms with Gasteiger partial charge >= 0.3 is 0 Å². The highest BCUT2D eigenvalue weighted by Crippen LogP contribution is 2.39. The molecule has 1 saturated carbocycles. The van der Waals surface area contributed by atoms with Gasteiger partial charge in [0.2, 0.25) is 5.95 Å². The van der Waals surface area contributed by atoms with Crippen LogP contribution in [0.15, 0.2) is 36.4 Å². The summed E-state index contributed by atoms with van der Waals surface area (Å²) in [6.07, 6.45) is 13.8. The molecule has 3 fully saturated rings. The second kappa shape index (κ2) is 12.4. The van der Waals surface area contributed by atoms with Crippen LogP contribution in [0, 0.1) is 5.92 Å². The number of rotatable bonds is 6. The highest BCUT2D eigenvalue weighted by molar-refractivity contribution is 7.80. The fourth-order valence-corrected chi connectivity index (χ4v) is 6.65. The third-order valence-corrected chi connectivity index (χ3v) is 8.87. The maximum atomic E-state index is 5.81. The van der Waals surface area contributed by atoms with Gasteiger partial charge in [-0.2, -0.15) is 9.97 Å². The minimum Gasteiger partial charge on any atom is -0.361 e. The van der Waals surface area contributed by atoms with E-state index in [9.17, 15) is 0 Å². The Morgan fingerprint density at radius 3 is 2.24 bits per heavy atom. The largest absolute Gasteiger partial charge is 0.361 e. The van der Waals surface area contributed by atoms with Gasteiger partial charge in [-0.25, -0.2) is 0 Å². The van der Waals surface area contributed by atoms with Crippen LogP contribution in [0.25, 0.3) is 0 Å². The van der Waals surface area contributed by atoms with Gasteiger partial charge in [0.25, 0.3) is 0 Å². The molecule has 200 valence electrons. The Kier molecular flexibility index (Phi) is 8.80. The van der Waals surface area contributed by atoms with E-state index in [4.69, 9.17) is 22.2 Å². The van der Waals surface area contributed by atoms with Gasteiger partial charge in [0.1, 0.15) is 11.6 Å². The zero-order valence-electron chi connectivity index (χ0n) is 22.6. The van der Waals surface area contributed by atoms with Gasteiger partial charge in [0.15, 0.2) is 5.11 Å². The van der Waals surface area contributed by atoms with Crippen molar-refractivity contribution >= 4 is 34.9 Å². The van der Waals surface area contributed by atoms with Crippen molar-refractivity contribution in [2.75, 3.05) is 47.8 Å². The number of piperidine rings is 1. The number of nitrogens with one attached hydrogen (secondary N) is 2. The number of thiocarbonyl (C=S) groups is 1. The minimum absolute atomic E-state index is 0.134. The molecule has 0 amide bonds. The fourth-order valence-electron chi connectivity index (χ4n) is 6.48. The molecule has 1 aromatic heterocycles. The molecule has 1 aliphatic carbocycles. The van der Waals surface area contributed by atoms with Crippen LogP contribution in [0.5, 0.6) is 0 Å². The molecule has 37 heavy (non-hydrogen) atoms. The van der Waals surface area contributed by atoms with Gasteiger partial charge in [-0.1, -0.05) is 69.4 Å². The average Bonchev–Trinajstić information content (AvgIpc) is 3.23. The molecule has 0 radical (unpaired) electrons. The van der Waals surface area contributed by atoms with E-state index in [2.05, 4.69) is 63.8 Å². The molecule has 2 N–H and O–H groups in total. The molecular formula is C30H44N6S. The van der Waals surface area contributed by atoms with Crippen molar-refractivity contribution in [1.82, 2.24) is 15.3 Å². The van der Waals surface area contributed by atoms with E-state index in [1.807, 2.05) is 0 Å². The molecule has 0 bridgehead atoms. The SMILES string of the molecule is C[C@@H]1CCCN(c2cc(N3CCCCCC3)nc(NC(=S)NCC3(c4ccccc4)CCCCC3)n2)C1. The van der Waals surface area contributed by atoms with Crippen LogP contribution in [0.3, 0.4) is 0 Å². The zero-order chi connectivity index (χ0) is 25.5. The topological polar surface area (TPSA) is 56.3 Å². The lowest BCUT2D eigenvalue weighted by Crippen LogP contribution is -2.43. The van der Waals surface area contributed by atoms with Crippen LogP contribution in [0.2, 0.25) is 0 Å². The third kappa shape index (κ3) is 6.73. The minimum atomic E-state index is 0.134. The molecular weight excluding hydrogens is 476 g/mol. The number of hydrogen-bond donors (Lipinski definition) is 2. The molecule has 1 atom stereocenters. The first kappa shape index (κ1) is 26.2. The quantitative estimate of drug-likeness (QED) is 0.435. The van der Waals surface area contributed by atoms with Crippen LogP contribution in [0.4, 0.5) is 17.6 Å². The van der Waals surface area contributed by atoms with Gasteiger partial charge < -0.3 is 20.4 Å². The number of hydrogen-bond acceptors (Lipinski definition) is 5. The summed E-state index contributed by atoms with van der Waals surface area (Å²) in [6, 6.07) is 13.2. The average molecular weight is 521 g/mol. The van der Waals surface area contributed by atoms with E-state index >= 15 is 0 Å². The van der Waals surface area contributed by atoms with Crippen molar-refractivity contribution < 1.29 is 0 Å². The van der Waals surface area contributed by atoms with Crippen molar-refractivity contribution in [1.29, 1.82) is 0 Å². The first-order valence-corrected chi connectivity index (χ1v) is 15.0. The van der Waals surface area contributed by atoms with Gasteiger partial charge in [-0.05, 0) is 62.2 Å². The molecule has 1 aromatic carbocycles. The second-order valence-corrected chi connectivity index (χ2v) is 11.9. The number of benzene rings is 1. The van der Waals surface area contributed by atoms with Crippen LogP contribution >= 0.6 is 12.2 Å². The summed E-state index contributed by atoms with van der Waals surface area (Å²) in [5.74, 6) is 3.36. The molecule has 2 saturated heterocycles. The van der Waals surface area contributed by atoms with Crippen LogP contribution in [-0.2, 0) is 5.41 Å². The smallest absolute Gasteiger partial charge is 0.232 e. The van der Waals surface area contributed by atoms with Gasteiger partial charge in [-0.15, -0.1) is 0 Å². The molecule has 2 aromatic rings. The summed E-state index contributed by atoms with van der Waals surface area (Å²) in [6.45, 7) is 7.42. The van der Waals surface area contributed by atoms with Gasteiger partial charge in [-0.3, -0.25) is 0 Å². The first-order valence-electron chi connectivity index (χ1n) is 14.6. The predicted octanol–water partition coefficient (Wildman–Crippen LogP) is 6.28. The molecule has 3 aliphatic rings. The summed E-state index contributed by atoms with van der Waals surface area (Å²) >= 11 is 5.81. The Morgan fingerprint density at radius 2 is 1.54 bits per heavy atom. The molecule has 0 spiro atoms. The van der Waals surface area contributed by atoms with Crippen molar-refractivity contribution in [2.24, 2.45) is 5.92 Å². The molecule has 2 aliphatic heterocycles. The molecule has 0 unspecified atom stereocenters. The Labute approximate surface area is 228 Å². The predicted molar refractivity (Wildman–Crippen MR) is 159 cm³/mol. The van der Waals surface area contributed by atoms with Crippen molar-refractivity contribution in [3.8, 4) is 0 Å². The molecule has 6 nitrogen and oxygen atoms in total. The molecule has 5 rings (SSSR count). The lowest BCUT2D eigenvalue weighted by Gasteiger charge is -2.38. The Hall–Kier alpha value is -2.41. The highest BCUT2D eigenvalue weighted by atomic mass is 32.1. The normalized spacial score (nSPS) is 22.2. The van der Waals surface area contributed by atoms with E-state index in [-0.39, 0.29) is 5.41 Å². The molecule has 7 heteroatoms. The maximum absolute atomic E-state index is 5.81. The van der Waals surface area contributed by atoms with E-state index in [0.29, 0.717) is 17.0 Å². The van der Waals surface area contributed by atoms with E-state index < -0.39 is 0 Å². The first-order chi connectivity index (χ1) is 18.1. The fraction of sp³-hybridized carbons (Fsp3) is 0.633. The zero-order valence-corrected chi connectivity index (χ0v) is 23.4. The number of aromatic nitrogens is 2. The number of nitrogens with zero attached hydrogens (tertiary/aromatic N) is 4. The lowest BCUT2D eigenvalue weighted by molar-refractivity contribution is 0.292. The standard InChI is InChI=1S/C30H44N6S/c1-24-13-12-20-36(22-24)27-21-26(35-18-10-2-3-11-19-35)32-28(33-27)34-29(37)31-23-30(16-8-5-9-17-30)25-14-6-4-7-15-25/h4,6-7,14-15,21,24H,2-3,5,8-13,16-20,22-23H2,1H3,(H2,31,32,33,34,37)/t24-/m1/s1. The van der Waals surface area contributed by atoms with E-state index in [1.165, 1.54) is 76.2 Å². The monoisotopic (exact) mass is 520 g/mol. The summed E-state index contributed by atoms with van der Waals surface area (Å²) < 4.78 is 0. The Morgan fingerprint density at radius 1 is 0.892 bits per heavy atom. The van der Waals surface area contributed by atoms with Gasteiger partial charge in [0, 0.05) is 44.2 Å². The lowest BCUT2D eigenvalue weighted by atomic mass is 9.69. The van der Waals surface area contributed by atoms with E-state index in [0.717, 1.165) is 44.4 Å². The Balaban J connectivity index is 1.32. The third-order valence-electron chi connectivity index (χ3n) is 8.62. The van der Waals surface area contributed by atoms with E-state index in [1.54, 1.807) is 0 Å². The summed E-state index contributed by atoms with van der Waals surface area (Å²) in [4.78, 5) is 14.8. The number of anilines is 3. The van der Waals surface area contributed by atoms with Crippen molar-refractivity contribution in [3.63, 3.8) is 0 Å². The van der Waals surface area contributed by atoms with Crippen LogP contribution in [0.1, 0.15) is 83.1 Å². The highest BCUT2D eigenvalue weighted by Gasteiger charge is 2.34. The second-order valence-electron chi connectivity index (χ2n) is 11.5. The Bertz CT molecular complexity index is 994.